The topological polar surface area (TPSA) is 129 Å². The van der Waals surface area contributed by atoms with Gasteiger partial charge in [-0.3, -0.25) is 19.2 Å². The first-order chi connectivity index (χ1) is 21.7. The molecule has 2 unspecified atom stereocenters. The van der Waals surface area contributed by atoms with Crippen molar-refractivity contribution in [3.8, 4) is 0 Å². The summed E-state index contributed by atoms with van der Waals surface area (Å²) in [5.41, 5.74) is 0.00767. The number of ether oxygens (including phenoxy) is 1. The second-order valence-electron chi connectivity index (χ2n) is 13.0. The molecule has 9 nitrogen and oxygen atoms in total. The molecule has 4 amide bonds. The molecule has 0 bridgehead atoms. The Morgan fingerprint density at radius 2 is 1.42 bits per heavy atom. The van der Waals surface area contributed by atoms with Crippen molar-refractivity contribution in [2.24, 2.45) is 23.2 Å². The van der Waals surface area contributed by atoms with Crippen LogP contribution in [-0.2, 0) is 36.8 Å². The van der Waals surface area contributed by atoms with Crippen LogP contribution in [0.15, 0.2) is 85.0 Å². The van der Waals surface area contributed by atoms with Crippen molar-refractivity contribution in [3.05, 3.63) is 96.1 Å². The van der Waals surface area contributed by atoms with Crippen molar-refractivity contribution in [1.29, 1.82) is 0 Å². The average Bonchev–Trinajstić information content (AvgIpc) is 3.64. The first-order valence-electron chi connectivity index (χ1n) is 15.9. The van der Waals surface area contributed by atoms with Gasteiger partial charge in [-0.2, -0.15) is 0 Å². The molecule has 3 aliphatic heterocycles. The second kappa shape index (κ2) is 12.3. The van der Waals surface area contributed by atoms with Gasteiger partial charge < -0.3 is 26.0 Å². The summed E-state index contributed by atoms with van der Waals surface area (Å²) < 4.78 is 6.35. The van der Waals surface area contributed by atoms with E-state index in [4.69, 9.17) is 4.74 Å². The highest BCUT2D eigenvalue weighted by Gasteiger charge is 2.78. The van der Waals surface area contributed by atoms with E-state index < -0.39 is 40.8 Å². The SMILES string of the molecule is C[C@H]1NC(=O)[C@@]23C(=O)N[C@@H](Cc4ccccc4)C2[C@H](C)[C@@]2(C)O[C@H]2C3/C=C/C/C=C\CNC(=O)[C@H](Cc2ccccc2)NC1=O. The molecule has 2 aromatic carbocycles. The zero-order valence-electron chi connectivity index (χ0n) is 26.0. The molecule has 236 valence electrons. The lowest BCUT2D eigenvalue weighted by Gasteiger charge is -2.46. The number of nitrogens with one attached hydrogen (secondary N) is 4. The largest absolute Gasteiger partial charge is 0.365 e. The number of epoxide rings is 1. The van der Waals surface area contributed by atoms with Crippen LogP contribution in [0.4, 0.5) is 0 Å². The van der Waals surface area contributed by atoms with Crippen LogP contribution < -0.4 is 21.3 Å². The van der Waals surface area contributed by atoms with E-state index in [-0.39, 0.29) is 42.2 Å². The van der Waals surface area contributed by atoms with E-state index in [0.717, 1.165) is 11.1 Å². The van der Waals surface area contributed by atoms with E-state index in [0.29, 0.717) is 19.4 Å². The van der Waals surface area contributed by atoms with Gasteiger partial charge in [0, 0.05) is 30.8 Å². The van der Waals surface area contributed by atoms with Gasteiger partial charge in [0.25, 0.3) is 0 Å². The maximum Gasteiger partial charge on any atom is 0.243 e. The second-order valence-corrected chi connectivity index (χ2v) is 13.0. The molecular weight excluding hydrogens is 568 g/mol. The molecule has 9 atom stereocenters. The molecule has 2 saturated heterocycles. The summed E-state index contributed by atoms with van der Waals surface area (Å²) in [6, 6.07) is 17.3. The highest BCUT2D eigenvalue weighted by atomic mass is 16.6. The number of carbonyl (C=O) groups excluding carboxylic acids is 4. The third kappa shape index (κ3) is 5.58. The van der Waals surface area contributed by atoms with Gasteiger partial charge in [-0.1, -0.05) is 91.9 Å². The predicted octanol–water partition coefficient (Wildman–Crippen LogP) is 2.62. The van der Waals surface area contributed by atoms with Crippen LogP contribution >= 0.6 is 0 Å². The Bertz CT molecular complexity index is 1510. The molecule has 3 heterocycles. The van der Waals surface area contributed by atoms with Gasteiger partial charge in [0.05, 0.1) is 11.7 Å². The highest BCUT2D eigenvalue weighted by molar-refractivity contribution is 6.09. The fourth-order valence-corrected chi connectivity index (χ4v) is 7.80. The lowest BCUT2D eigenvalue weighted by molar-refractivity contribution is -0.151. The minimum absolute atomic E-state index is 0.112. The Morgan fingerprint density at radius 1 is 0.778 bits per heavy atom. The molecule has 1 saturated carbocycles. The van der Waals surface area contributed by atoms with Crippen molar-refractivity contribution < 1.29 is 23.9 Å². The maximum atomic E-state index is 14.6. The molecular formula is C36H42N4O5. The smallest absolute Gasteiger partial charge is 0.243 e. The van der Waals surface area contributed by atoms with Crippen LogP contribution in [0, 0.1) is 23.2 Å². The Labute approximate surface area is 264 Å². The van der Waals surface area contributed by atoms with E-state index in [9.17, 15) is 19.2 Å². The number of hydrogen-bond acceptors (Lipinski definition) is 5. The zero-order valence-corrected chi connectivity index (χ0v) is 26.0. The number of amides is 4. The van der Waals surface area contributed by atoms with E-state index in [1.165, 1.54) is 0 Å². The summed E-state index contributed by atoms with van der Waals surface area (Å²) in [6.07, 6.45) is 8.82. The molecule has 0 aromatic heterocycles. The first kappa shape index (κ1) is 30.8. The summed E-state index contributed by atoms with van der Waals surface area (Å²) >= 11 is 0. The van der Waals surface area contributed by atoms with E-state index >= 15 is 0 Å². The van der Waals surface area contributed by atoms with Gasteiger partial charge in [0.1, 0.15) is 17.5 Å². The van der Waals surface area contributed by atoms with Crippen LogP contribution in [0.3, 0.4) is 0 Å². The van der Waals surface area contributed by atoms with Crippen LogP contribution in [-0.4, -0.2) is 60.0 Å². The lowest BCUT2D eigenvalue weighted by atomic mass is 9.52. The Hall–Kier alpha value is -4.24. The Morgan fingerprint density at radius 3 is 2.11 bits per heavy atom. The van der Waals surface area contributed by atoms with Gasteiger partial charge in [-0.15, -0.1) is 0 Å². The molecule has 6 rings (SSSR count). The van der Waals surface area contributed by atoms with Gasteiger partial charge in [0.15, 0.2) is 0 Å². The zero-order chi connectivity index (χ0) is 31.8. The first-order valence-corrected chi connectivity index (χ1v) is 15.9. The number of carbonyl (C=O) groups is 4. The standard InChI is InChI=1S/C36H42N4O5/c1-22-29-27(20-24-14-8-6-9-15-24)40-34(44)36(29)26(30-35(22,3)45-30)18-12-4-5-13-19-37-32(42)28(21-25-16-10-7-11-17-25)39-31(41)23(2)38-33(36)43/h5-18,22-23,26-30H,4,19-21H2,1-3H3,(H,37,42)(H,38,43)(H,39,41)(H,40,44)/b13-5-,18-12+/t22-,23+,26?,27-,28-,29?,30-,35+,36-/m0/s1. The quantitative estimate of drug-likeness (QED) is 0.240. The monoisotopic (exact) mass is 610 g/mol. The molecule has 9 heteroatoms. The average molecular weight is 611 g/mol. The van der Waals surface area contributed by atoms with Crippen molar-refractivity contribution >= 4 is 23.6 Å². The van der Waals surface area contributed by atoms with Crippen molar-refractivity contribution in [2.75, 3.05) is 6.54 Å². The molecule has 45 heavy (non-hydrogen) atoms. The fourth-order valence-electron chi connectivity index (χ4n) is 7.80. The predicted molar refractivity (Wildman–Crippen MR) is 170 cm³/mol. The molecule has 4 aliphatic rings. The van der Waals surface area contributed by atoms with E-state index in [1.807, 2.05) is 85.0 Å². The highest BCUT2D eigenvalue weighted by Crippen LogP contribution is 2.65. The van der Waals surface area contributed by atoms with Crippen LogP contribution in [0.25, 0.3) is 0 Å². The van der Waals surface area contributed by atoms with Crippen LogP contribution in [0.5, 0.6) is 0 Å². The molecule has 3 fully saturated rings. The van der Waals surface area contributed by atoms with Gasteiger partial charge in [0.2, 0.25) is 23.6 Å². The number of fused-ring (bicyclic) bond motifs is 2. The third-order valence-electron chi connectivity index (χ3n) is 10.3. The maximum absolute atomic E-state index is 14.6. The van der Waals surface area contributed by atoms with Crippen LogP contribution in [0.1, 0.15) is 38.3 Å². The third-order valence-corrected chi connectivity index (χ3v) is 10.3. The van der Waals surface area contributed by atoms with Crippen LogP contribution in [0.2, 0.25) is 0 Å². The molecule has 2 aromatic rings. The summed E-state index contributed by atoms with van der Waals surface area (Å²) in [4.78, 5) is 55.6. The van der Waals surface area contributed by atoms with Crippen molar-refractivity contribution in [2.45, 2.75) is 69.9 Å². The molecule has 1 spiro atoms. The summed E-state index contributed by atoms with van der Waals surface area (Å²) in [5, 5.41) is 11.9. The molecule has 1 aliphatic carbocycles. The van der Waals surface area contributed by atoms with Crippen molar-refractivity contribution in [3.63, 3.8) is 0 Å². The van der Waals surface area contributed by atoms with E-state index in [1.54, 1.807) is 6.92 Å². The minimum Gasteiger partial charge on any atom is -0.365 e. The minimum atomic E-state index is -1.48. The number of hydrogen-bond donors (Lipinski definition) is 4. The van der Waals surface area contributed by atoms with Gasteiger partial charge >= 0.3 is 0 Å². The van der Waals surface area contributed by atoms with E-state index in [2.05, 4.69) is 35.1 Å². The molecule has 4 N–H and O–H groups in total. The molecule has 0 radical (unpaired) electrons. The summed E-state index contributed by atoms with van der Waals surface area (Å²) in [7, 11) is 0. The fraction of sp³-hybridized carbons (Fsp3) is 0.444. The summed E-state index contributed by atoms with van der Waals surface area (Å²) in [6.45, 7) is 6.04. The number of allylic oxidation sites excluding steroid dienone is 2. The number of benzene rings is 2. The Balaban J connectivity index is 1.35. The van der Waals surface area contributed by atoms with Crippen molar-refractivity contribution in [1.82, 2.24) is 21.3 Å². The normalized spacial score (nSPS) is 37.9. The summed E-state index contributed by atoms with van der Waals surface area (Å²) in [5.74, 6) is -2.67. The van der Waals surface area contributed by atoms with Gasteiger partial charge in [-0.05, 0) is 43.7 Å². The van der Waals surface area contributed by atoms with Gasteiger partial charge in [-0.25, -0.2) is 0 Å². The lowest BCUT2D eigenvalue weighted by Crippen LogP contribution is -2.63. The Kier molecular flexibility index (Phi) is 8.39. The number of rotatable bonds is 4.